The molecule has 0 spiro atoms. The second kappa shape index (κ2) is 5.78. The van der Waals surface area contributed by atoms with Crippen LogP contribution in [0.4, 0.5) is 0 Å². The number of thiazole rings is 1. The first-order chi connectivity index (χ1) is 8.61. The average Bonchev–Trinajstić information content (AvgIpc) is 2.66. The zero-order valence-corrected chi connectivity index (χ0v) is 12.3. The number of halogens is 1. The number of likely N-dealkylation sites (N-methyl/N-ethyl adjacent to an activating group) is 1. The molecular formula is C13H16ClN3S. The molecule has 3 nitrogen and oxygen atoms in total. The van der Waals surface area contributed by atoms with Crippen molar-refractivity contribution in [1.29, 1.82) is 0 Å². The lowest BCUT2D eigenvalue weighted by atomic mass is 10.1. The first-order valence-electron chi connectivity index (χ1n) is 5.82. The summed E-state index contributed by atoms with van der Waals surface area (Å²) in [5.41, 5.74) is 1.99. The second-order valence-electron chi connectivity index (χ2n) is 4.17. The molecule has 0 aromatic carbocycles. The lowest BCUT2D eigenvalue weighted by Crippen LogP contribution is -2.20. The average molecular weight is 282 g/mol. The van der Waals surface area contributed by atoms with Crippen LogP contribution in [0.3, 0.4) is 0 Å². The fourth-order valence-electron chi connectivity index (χ4n) is 1.79. The van der Waals surface area contributed by atoms with E-state index in [4.69, 9.17) is 11.6 Å². The summed E-state index contributed by atoms with van der Waals surface area (Å²) in [4.78, 5) is 10.2. The molecule has 1 atom stereocenters. The molecule has 1 N–H and O–H groups in total. The molecule has 0 saturated heterocycles. The number of aromatic nitrogens is 2. The molecule has 0 bridgehead atoms. The van der Waals surface area contributed by atoms with Crippen LogP contribution < -0.4 is 5.32 Å². The van der Waals surface area contributed by atoms with Crippen LogP contribution in [0.5, 0.6) is 0 Å². The normalized spacial score (nSPS) is 12.7. The highest BCUT2D eigenvalue weighted by Gasteiger charge is 2.17. The maximum Gasteiger partial charge on any atom is 0.0950 e. The highest BCUT2D eigenvalue weighted by molar-refractivity contribution is 7.11. The van der Waals surface area contributed by atoms with Gasteiger partial charge in [-0.3, -0.25) is 4.98 Å². The van der Waals surface area contributed by atoms with E-state index < -0.39 is 0 Å². The van der Waals surface area contributed by atoms with Crippen molar-refractivity contribution >= 4 is 22.9 Å². The summed E-state index contributed by atoms with van der Waals surface area (Å²) in [6.45, 7) is 4.14. The third kappa shape index (κ3) is 2.88. The molecule has 2 aromatic heterocycles. The van der Waals surface area contributed by atoms with Gasteiger partial charge in [0.05, 0.1) is 27.5 Å². The third-order valence-electron chi connectivity index (χ3n) is 2.92. The summed E-state index contributed by atoms with van der Waals surface area (Å²) >= 11 is 7.92. The van der Waals surface area contributed by atoms with Crippen LogP contribution in [-0.2, 0) is 6.42 Å². The third-order valence-corrected chi connectivity index (χ3v) is 4.33. The Morgan fingerprint density at radius 1 is 1.44 bits per heavy atom. The van der Waals surface area contributed by atoms with E-state index in [-0.39, 0.29) is 6.04 Å². The lowest BCUT2D eigenvalue weighted by molar-refractivity contribution is 0.574. The lowest BCUT2D eigenvalue weighted by Gasteiger charge is -2.15. The number of hydrogen-bond donors (Lipinski definition) is 1. The molecule has 96 valence electrons. The highest BCUT2D eigenvalue weighted by Crippen LogP contribution is 2.26. The molecule has 5 heteroatoms. The van der Waals surface area contributed by atoms with Crippen LogP contribution >= 0.6 is 22.9 Å². The smallest absolute Gasteiger partial charge is 0.0950 e. The SMILES string of the molecule is CNC(Cc1nc(C)c(C)s1)c1ncccc1Cl. The van der Waals surface area contributed by atoms with Gasteiger partial charge in [-0.15, -0.1) is 11.3 Å². The molecule has 0 saturated carbocycles. The van der Waals surface area contributed by atoms with Gasteiger partial charge in [-0.25, -0.2) is 4.98 Å². The van der Waals surface area contributed by atoms with Gasteiger partial charge in [0.15, 0.2) is 0 Å². The van der Waals surface area contributed by atoms with Gasteiger partial charge in [-0.2, -0.15) is 0 Å². The minimum atomic E-state index is 0.101. The minimum absolute atomic E-state index is 0.101. The predicted octanol–water partition coefficient (Wildman–Crippen LogP) is 3.31. The van der Waals surface area contributed by atoms with E-state index in [2.05, 4.69) is 22.2 Å². The van der Waals surface area contributed by atoms with Crippen LogP contribution in [0.15, 0.2) is 18.3 Å². The standard InChI is InChI=1S/C13H16ClN3S/c1-8-9(2)18-12(17-8)7-11(15-3)13-10(14)5-4-6-16-13/h4-6,11,15H,7H2,1-3H3. The maximum absolute atomic E-state index is 6.18. The summed E-state index contributed by atoms with van der Waals surface area (Å²) in [6, 6.07) is 3.81. The molecule has 0 aliphatic rings. The van der Waals surface area contributed by atoms with Gasteiger partial charge in [0, 0.05) is 17.5 Å². The van der Waals surface area contributed by atoms with Gasteiger partial charge in [0.1, 0.15) is 0 Å². The molecule has 0 aliphatic carbocycles. The van der Waals surface area contributed by atoms with E-state index in [9.17, 15) is 0 Å². The quantitative estimate of drug-likeness (QED) is 0.934. The van der Waals surface area contributed by atoms with Crippen molar-refractivity contribution in [3.05, 3.63) is 44.6 Å². The van der Waals surface area contributed by atoms with Crippen LogP contribution in [0.25, 0.3) is 0 Å². The number of pyridine rings is 1. The molecule has 2 rings (SSSR count). The van der Waals surface area contributed by atoms with Gasteiger partial charge < -0.3 is 5.32 Å². The number of nitrogens with one attached hydrogen (secondary N) is 1. The molecule has 0 radical (unpaired) electrons. The fourth-order valence-corrected chi connectivity index (χ4v) is 3.02. The Hall–Kier alpha value is -0.970. The van der Waals surface area contributed by atoms with Gasteiger partial charge in [-0.1, -0.05) is 11.6 Å². The van der Waals surface area contributed by atoms with Gasteiger partial charge >= 0.3 is 0 Å². The van der Waals surface area contributed by atoms with Crippen molar-refractivity contribution in [3.8, 4) is 0 Å². The van der Waals surface area contributed by atoms with Crippen LogP contribution in [0.1, 0.15) is 27.3 Å². The van der Waals surface area contributed by atoms with Crippen molar-refractivity contribution in [2.24, 2.45) is 0 Å². The number of aryl methyl sites for hydroxylation is 2. The van der Waals surface area contributed by atoms with E-state index in [0.717, 1.165) is 22.8 Å². The van der Waals surface area contributed by atoms with E-state index >= 15 is 0 Å². The predicted molar refractivity (Wildman–Crippen MR) is 76.3 cm³/mol. The summed E-state index contributed by atoms with van der Waals surface area (Å²) in [6.07, 6.45) is 2.58. The molecule has 2 aromatic rings. The minimum Gasteiger partial charge on any atom is -0.311 e. The molecule has 2 heterocycles. The van der Waals surface area contributed by atoms with Crippen LogP contribution in [0, 0.1) is 13.8 Å². The summed E-state index contributed by atoms with van der Waals surface area (Å²) in [5, 5.41) is 5.07. The van der Waals surface area contributed by atoms with E-state index in [0.29, 0.717) is 5.02 Å². The molecule has 1 unspecified atom stereocenters. The van der Waals surface area contributed by atoms with E-state index in [1.807, 2.05) is 26.1 Å². The van der Waals surface area contributed by atoms with E-state index in [1.54, 1.807) is 17.5 Å². The van der Waals surface area contributed by atoms with Gasteiger partial charge in [-0.05, 0) is 33.0 Å². The topological polar surface area (TPSA) is 37.8 Å². The largest absolute Gasteiger partial charge is 0.311 e. The van der Waals surface area contributed by atoms with Gasteiger partial charge in [0.2, 0.25) is 0 Å². The molecular weight excluding hydrogens is 266 g/mol. The van der Waals surface area contributed by atoms with Crippen LogP contribution in [0.2, 0.25) is 5.02 Å². The molecule has 0 fully saturated rings. The van der Waals surface area contributed by atoms with Crippen molar-refractivity contribution < 1.29 is 0 Å². The Balaban J connectivity index is 2.22. The number of rotatable bonds is 4. The fraction of sp³-hybridized carbons (Fsp3) is 0.385. The number of nitrogens with zero attached hydrogens (tertiary/aromatic N) is 2. The van der Waals surface area contributed by atoms with Crippen molar-refractivity contribution in [1.82, 2.24) is 15.3 Å². The molecule has 0 amide bonds. The highest BCUT2D eigenvalue weighted by atomic mass is 35.5. The summed E-state index contributed by atoms with van der Waals surface area (Å²) in [7, 11) is 1.92. The number of hydrogen-bond acceptors (Lipinski definition) is 4. The Morgan fingerprint density at radius 3 is 2.78 bits per heavy atom. The van der Waals surface area contributed by atoms with Crippen molar-refractivity contribution in [3.63, 3.8) is 0 Å². The van der Waals surface area contributed by atoms with Crippen molar-refractivity contribution in [2.45, 2.75) is 26.3 Å². The maximum atomic E-state index is 6.18. The zero-order valence-electron chi connectivity index (χ0n) is 10.7. The Kier molecular flexibility index (Phi) is 4.32. The first kappa shape index (κ1) is 13.5. The second-order valence-corrected chi connectivity index (χ2v) is 5.86. The summed E-state index contributed by atoms with van der Waals surface area (Å²) in [5.74, 6) is 0. The monoisotopic (exact) mass is 281 g/mol. The van der Waals surface area contributed by atoms with Crippen molar-refractivity contribution in [2.75, 3.05) is 7.05 Å². The van der Waals surface area contributed by atoms with Crippen LogP contribution in [-0.4, -0.2) is 17.0 Å². The molecule has 0 aliphatic heterocycles. The first-order valence-corrected chi connectivity index (χ1v) is 7.02. The Bertz CT molecular complexity index is 519. The van der Waals surface area contributed by atoms with E-state index in [1.165, 1.54) is 4.88 Å². The van der Waals surface area contributed by atoms with Gasteiger partial charge in [0.25, 0.3) is 0 Å². The zero-order chi connectivity index (χ0) is 13.1. The summed E-state index contributed by atoms with van der Waals surface area (Å²) < 4.78 is 0. The molecule has 18 heavy (non-hydrogen) atoms. The Labute approximate surface area is 116 Å². The Morgan fingerprint density at radius 2 is 2.22 bits per heavy atom.